The molecule has 0 radical (unpaired) electrons. The van der Waals surface area contributed by atoms with Gasteiger partial charge in [-0.15, -0.1) is 0 Å². The van der Waals surface area contributed by atoms with Gasteiger partial charge < -0.3 is 54.4 Å². The second kappa shape index (κ2) is 17.2. The van der Waals surface area contributed by atoms with E-state index in [9.17, 15) is 44.4 Å². The van der Waals surface area contributed by atoms with Crippen molar-refractivity contribution in [2.75, 3.05) is 19.7 Å². The molecule has 16 heteroatoms. The number of carboxylic acids is 1. The molecule has 0 rings (SSSR count). The average molecular weight is 564 g/mol. The van der Waals surface area contributed by atoms with Gasteiger partial charge in [0.25, 0.3) is 0 Å². The molecule has 0 bridgehead atoms. The predicted molar refractivity (Wildman–Crippen MR) is 139 cm³/mol. The van der Waals surface area contributed by atoms with E-state index in [1.807, 2.05) is 0 Å². The smallest absolute Gasteiger partial charge is 0.340 e. The average Bonchev–Trinajstić information content (AvgIpc) is 2.88. The van der Waals surface area contributed by atoms with Gasteiger partial charge in [-0.2, -0.15) is 0 Å². The van der Waals surface area contributed by atoms with Gasteiger partial charge in [-0.25, -0.2) is 4.79 Å². The second-order valence-electron chi connectivity index (χ2n) is 9.47. The van der Waals surface area contributed by atoms with E-state index < -0.39 is 78.0 Å². The van der Waals surface area contributed by atoms with Crippen LogP contribution in [0.25, 0.3) is 0 Å². The van der Waals surface area contributed by atoms with Gasteiger partial charge in [-0.3, -0.25) is 24.1 Å². The molecule has 39 heavy (non-hydrogen) atoms. The molecule has 7 atom stereocenters. The van der Waals surface area contributed by atoms with Gasteiger partial charge in [0, 0.05) is 0 Å². The highest BCUT2D eigenvalue weighted by molar-refractivity contribution is 6.18. The first-order valence-electron chi connectivity index (χ1n) is 12.7. The number of hydrogen-bond donors (Lipinski definition) is 10. The maximum atomic E-state index is 13.7. The number of rotatable bonds is 19. The van der Waals surface area contributed by atoms with E-state index in [0.717, 1.165) is 13.8 Å². The number of aliphatic hydroxyl groups excluding tert-OH is 3. The SMILES string of the molecule is CC(O)C(N)C(=O)N(C(=O)C(N)CCCCN)C(CO)(C(=O)O)C(=O)C(NC(=O)C(N)CCCCN)C(C)O. The standard InChI is InChI=1S/C23H45N7O9/c1-12(32)16(28)21(37)30(20(36)15(27)8-4-6-10-25)23(11-31,22(38)39)18(34)17(13(2)33)29-19(35)14(26)7-3-5-9-24/h12-17,31-33H,3-11,24-28H2,1-2H3,(H,29,35)(H,38,39). The number of imide groups is 1. The summed E-state index contributed by atoms with van der Waals surface area (Å²) in [5.41, 5.74) is 24.9. The normalized spacial score (nSPS) is 17.6. The molecule has 7 unspecified atom stereocenters. The van der Waals surface area contributed by atoms with Crippen LogP contribution in [0.15, 0.2) is 0 Å². The fraction of sp³-hybridized carbons (Fsp3) is 0.783. The van der Waals surface area contributed by atoms with Crippen LogP contribution in [0.5, 0.6) is 0 Å². The number of carbonyl (C=O) groups excluding carboxylic acids is 4. The quantitative estimate of drug-likeness (QED) is 0.0521. The van der Waals surface area contributed by atoms with Crippen LogP contribution in [0.3, 0.4) is 0 Å². The van der Waals surface area contributed by atoms with Crippen LogP contribution in [0.2, 0.25) is 0 Å². The van der Waals surface area contributed by atoms with Crippen LogP contribution in [-0.2, 0) is 24.0 Å². The molecular formula is C23H45N7O9. The topological polar surface area (TPSA) is 312 Å². The zero-order valence-electron chi connectivity index (χ0n) is 22.5. The summed E-state index contributed by atoms with van der Waals surface area (Å²) in [6.07, 6.45) is -1.54. The minimum Gasteiger partial charge on any atom is -0.479 e. The lowest BCUT2D eigenvalue weighted by atomic mass is 9.84. The van der Waals surface area contributed by atoms with E-state index in [0.29, 0.717) is 32.2 Å². The first kappa shape index (κ1) is 36.4. The Bertz CT molecular complexity index is 843. The summed E-state index contributed by atoms with van der Waals surface area (Å²) in [6.45, 7) is 1.07. The third kappa shape index (κ3) is 9.54. The van der Waals surface area contributed by atoms with Crippen molar-refractivity contribution in [1.82, 2.24) is 10.2 Å². The van der Waals surface area contributed by atoms with Crippen molar-refractivity contribution >= 4 is 29.5 Å². The number of nitrogens with zero attached hydrogens (tertiary/aromatic N) is 1. The summed E-state index contributed by atoms with van der Waals surface area (Å²) in [5.74, 6) is -7.64. The van der Waals surface area contributed by atoms with Gasteiger partial charge in [-0.05, 0) is 52.6 Å². The number of carboxylic acid groups (broad SMARTS) is 1. The third-order valence-corrected chi connectivity index (χ3v) is 6.27. The van der Waals surface area contributed by atoms with Gasteiger partial charge in [0.15, 0.2) is 5.78 Å². The fourth-order valence-electron chi connectivity index (χ4n) is 3.73. The van der Waals surface area contributed by atoms with Crippen molar-refractivity contribution in [2.24, 2.45) is 28.7 Å². The van der Waals surface area contributed by atoms with Gasteiger partial charge in [0.1, 0.15) is 12.1 Å². The Labute approximate surface area is 227 Å². The summed E-state index contributed by atoms with van der Waals surface area (Å²) >= 11 is 0. The van der Waals surface area contributed by atoms with E-state index >= 15 is 0 Å². The molecule has 0 spiro atoms. The predicted octanol–water partition coefficient (Wildman–Crippen LogP) is -4.79. The number of nitrogens with two attached hydrogens (primary N) is 5. The van der Waals surface area contributed by atoms with Crippen molar-refractivity contribution in [1.29, 1.82) is 0 Å². The summed E-state index contributed by atoms with van der Waals surface area (Å²) in [7, 11) is 0. The molecule has 0 saturated carbocycles. The molecule has 0 aromatic rings. The Morgan fingerprint density at radius 3 is 1.69 bits per heavy atom. The number of ketones is 1. The lowest BCUT2D eigenvalue weighted by Crippen LogP contribution is -2.74. The monoisotopic (exact) mass is 563 g/mol. The van der Waals surface area contributed by atoms with E-state index in [1.165, 1.54) is 0 Å². The van der Waals surface area contributed by atoms with Crippen LogP contribution < -0.4 is 34.0 Å². The first-order valence-corrected chi connectivity index (χ1v) is 12.7. The van der Waals surface area contributed by atoms with Gasteiger partial charge in [-0.1, -0.05) is 12.8 Å². The number of unbranched alkanes of at least 4 members (excludes halogenated alkanes) is 2. The van der Waals surface area contributed by atoms with Crippen LogP contribution >= 0.6 is 0 Å². The van der Waals surface area contributed by atoms with E-state index in [-0.39, 0.29) is 24.3 Å². The van der Waals surface area contributed by atoms with Crippen molar-refractivity contribution in [2.45, 2.75) is 94.3 Å². The van der Waals surface area contributed by atoms with E-state index in [4.69, 9.17) is 28.7 Å². The minimum atomic E-state index is -3.38. The van der Waals surface area contributed by atoms with Gasteiger partial charge >= 0.3 is 5.97 Å². The molecular weight excluding hydrogens is 518 g/mol. The van der Waals surface area contributed by atoms with Crippen LogP contribution in [0.4, 0.5) is 0 Å². The van der Waals surface area contributed by atoms with Gasteiger partial charge in [0.05, 0.1) is 30.9 Å². The number of nitrogens with one attached hydrogen (secondary N) is 1. The lowest BCUT2D eigenvalue weighted by Gasteiger charge is -2.41. The maximum Gasteiger partial charge on any atom is 0.340 e. The summed E-state index contributed by atoms with van der Waals surface area (Å²) in [5, 5.41) is 42.8. The molecule has 0 saturated heterocycles. The summed E-state index contributed by atoms with van der Waals surface area (Å²) in [6, 6.07) is -6.65. The Balaban J connectivity index is 6.73. The van der Waals surface area contributed by atoms with Crippen molar-refractivity contribution in [3.05, 3.63) is 0 Å². The van der Waals surface area contributed by atoms with Crippen LogP contribution in [0, 0.1) is 0 Å². The molecule has 226 valence electrons. The number of aliphatic hydroxyl groups is 3. The van der Waals surface area contributed by atoms with E-state index in [2.05, 4.69) is 5.32 Å². The molecule has 0 aliphatic rings. The van der Waals surface area contributed by atoms with E-state index in [1.54, 1.807) is 0 Å². The first-order chi connectivity index (χ1) is 18.1. The lowest BCUT2D eigenvalue weighted by molar-refractivity contribution is -0.177. The largest absolute Gasteiger partial charge is 0.479 e. The van der Waals surface area contributed by atoms with Gasteiger partial charge in [0.2, 0.25) is 23.3 Å². The molecule has 0 fully saturated rings. The van der Waals surface area contributed by atoms with Crippen molar-refractivity contribution in [3.63, 3.8) is 0 Å². The Morgan fingerprint density at radius 1 is 0.821 bits per heavy atom. The molecule has 0 aromatic carbocycles. The molecule has 0 aliphatic heterocycles. The Kier molecular flexibility index (Phi) is 16.1. The third-order valence-electron chi connectivity index (χ3n) is 6.27. The molecule has 0 aliphatic carbocycles. The molecule has 3 amide bonds. The number of carbonyl (C=O) groups is 5. The van der Waals surface area contributed by atoms with Crippen molar-refractivity contribution in [3.8, 4) is 0 Å². The van der Waals surface area contributed by atoms with Crippen molar-refractivity contribution < 1.29 is 44.4 Å². The number of amides is 3. The zero-order chi connectivity index (χ0) is 30.5. The van der Waals surface area contributed by atoms with Crippen LogP contribution in [0.1, 0.15) is 52.4 Å². The zero-order valence-corrected chi connectivity index (χ0v) is 22.5. The summed E-state index contributed by atoms with van der Waals surface area (Å²) < 4.78 is 0. The highest BCUT2D eigenvalue weighted by Crippen LogP contribution is 2.24. The number of hydrogen-bond acceptors (Lipinski definition) is 13. The Hall–Kier alpha value is -2.57. The molecule has 0 heterocycles. The Morgan fingerprint density at radius 2 is 1.31 bits per heavy atom. The maximum absolute atomic E-state index is 13.7. The second-order valence-corrected chi connectivity index (χ2v) is 9.47. The minimum absolute atomic E-state index is 0.0761. The highest BCUT2D eigenvalue weighted by atomic mass is 16.4. The molecule has 0 aromatic heterocycles. The molecule has 16 nitrogen and oxygen atoms in total. The van der Waals surface area contributed by atoms with Crippen LogP contribution in [-0.4, -0.2) is 116 Å². The summed E-state index contributed by atoms with van der Waals surface area (Å²) in [4.78, 5) is 65.6. The molecule has 15 N–H and O–H groups in total. The fourth-order valence-corrected chi connectivity index (χ4v) is 3.73. The highest BCUT2D eigenvalue weighted by Gasteiger charge is 2.59. The number of aliphatic carboxylic acids is 1. The number of Topliss-reactive ketones (excluding diaryl/α,β-unsaturated/α-hetero) is 1.